The van der Waals surface area contributed by atoms with E-state index >= 15 is 0 Å². The van der Waals surface area contributed by atoms with Gasteiger partial charge in [0, 0.05) is 54.7 Å². The molecule has 1 saturated heterocycles. The highest BCUT2D eigenvalue weighted by Crippen LogP contribution is 2.24. The molecule has 4 aromatic rings. The zero-order valence-electron chi connectivity index (χ0n) is 20.1. The summed E-state index contributed by atoms with van der Waals surface area (Å²) >= 11 is 0. The van der Waals surface area contributed by atoms with E-state index in [1.165, 1.54) is 6.07 Å². The molecule has 1 aliphatic rings. The first kappa shape index (κ1) is 24.4. The fourth-order valence-corrected chi connectivity index (χ4v) is 5.68. The monoisotopic (exact) mass is 515 g/mol. The molecule has 0 spiro atoms. The molecule has 0 saturated carbocycles. The molecule has 0 bridgehead atoms. The minimum Gasteiger partial charge on any atom is -0.333 e. The van der Waals surface area contributed by atoms with Gasteiger partial charge in [-0.1, -0.05) is 24.3 Å². The molecular weight excluding hydrogens is 490 g/mol. The van der Waals surface area contributed by atoms with Crippen LogP contribution in [0.2, 0.25) is 0 Å². The van der Waals surface area contributed by atoms with Crippen LogP contribution in [0.3, 0.4) is 0 Å². The number of fused-ring (bicyclic) bond motifs is 1. The number of pyridine rings is 2. The number of hydrogen-bond donors (Lipinski definition) is 1. The maximum Gasteiger partial charge on any atom is 0.272 e. The topological polar surface area (TPSA) is 113 Å². The van der Waals surface area contributed by atoms with Crippen LogP contribution in [-0.2, 0) is 10.0 Å². The van der Waals surface area contributed by atoms with Gasteiger partial charge in [0.25, 0.3) is 21.8 Å². The van der Waals surface area contributed by atoms with Gasteiger partial charge in [0.1, 0.15) is 10.6 Å². The highest BCUT2D eigenvalue weighted by Gasteiger charge is 2.31. The van der Waals surface area contributed by atoms with Gasteiger partial charge in [-0.3, -0.25) is 24.3 Å². The molecular formula is C27H25N5O4S. The second-order valence-electron chi connectivity index (χ2n) is 8.83. The Labute approximate surface area is 214 Å². The molecule has 2 aromatic carbocycles. The summed E-state index contributed by atoms with van der Waals surface area (Å²) in [5.74, 6) is -0.331. The zero-order valence-corrected chi connectivity index (χ0v) is 20.9. The van der Waals surface area contributed by atoms with Gasteiger partial charge in [-0.15, -0.1) is 0 Å². The normalized spacial score (nSPS) is 16.0. The molecule has 1 aliphatic heterocycles. The fourth-order valence-electron chi connectivity index (χ4n) is 4.44. The van der Waals surface area contributed by atoms with E-state index in [4.69, 9.17) is 0 Å². The third kappa shape index (κ3) is 5.01. The number of hydrogen-bond acceptors (Lipinski definition) is 6. The van der Waals surface area contributed by atoms with Gasteiger partial charge in [0.05, 0.1) is 5.52 Å². The van der Waals surface area contributed by atoms with Crippen LogP contribution in [0.25, 0.3) is 10.9 Å². The van der Waals surface area contributed by atoms with Crippen LogP contribution in [0, 0.1) is 0 Å². The van der Waals surface area contributed by atoms with Crippen LogP contribution in [0.4, 0.5) is 5.69 Å². The minimum atomic E-state index is -3.89. The minimum absolute atomic E-state index is 0.0812. The number of piperazine rings is 1. The van der Waals surface area contributed by atoms with Gasteiger partial charge in [-0.25, -0.2) is 8.42 Å². The average Bonchev–Trinajstić information content (AvgIpc) is 2.92. The smallest absolute Gasteiger partial charge is 0.272 e. The van der Waals surface area contributed by atoms with Gasteiger partial charge in [-0.05, 0) is 55.5 Å². The first-order valence-corrected chi connectivity index (χ1v) is 13.3. The van der Waals surface area contributed by atoms with Crippen molar-refractivity contribution in [2.45, 2.75) is 17.9 Å². The van der Waals surface area contributed by atoms with Crippen LogP contribution < -0.4 is 4.72 Å². The number of amides is 2. The molecule has 1 N–H and O–H groups in total. The van der Waals surface area contributed by atoms with Crippen LogP contribution in [0.1, 0.15) is 27.8 Å². The van der Waals surface area contributed by atoms with Gasteiger partial charge in [0.15, 0.2) is 0 Å². The summed E-state index contributed by atoms with van der Waals surface area (Å²) < 4.78 is 28.7. The van der Waals surface area contributed by atoms with Crippen LogP contribution in [0.15, 0.2) is 90.1 Å². The Morgan fingerprint density at radius 1 is 0.865 bits per heavy atom. The van der Waals surface area contributed by atoms with Crippen LogP contribution in [0.5, 0.6) is 0 Å². The molecule has 0 radical (unpaired) electrons. The Morgan fingerprint density at radius 3 is 2.35 bits per heavy atom. The van der Waals surface area contributed by atoms with Crippen LogP contribution in [-0.4, -0.2) is 65.7 Å². The number of aromatic nitrogens is 2. The van der Waals surface area contributed by atoms with E-state index in [1.54, 1.807) is 88.9 Å². The Morgan fingerprint density at radius 2 is 1.62 bits per heavy atom. The molecule has 0 unspecified atom stereocenters. The van der Waals surface area contributed by atoms with Crippen molar-refractivity contribution in [3.05, 3.63) is 96.4 Å². The largest absolute Gasteiger partial charge is 0.333 e. The van der Waals surface area contributed by atoms with E-state index in [-0.39, 0.29) is 22.8 Å². The Bertz CT molecular complexity index is 1550. The summed E-state index contributed by atoms with van der Waals surface area (Å²) in [6.45, 7) is 3.10. The predicted octanol–water partition coefficient (Wildman–Crippen LogP) is 3.42. The standard InChI is InChI=1S/C27H25N5O4S/c1-19-18-31(27(34)23-8-2-3-14-28-23)16-17-32(19)26(33)21-10-12-22(13-11-21)30-37(35,36)24-9-4-6-20-7-5-15-29-25(20)24/h2-15,19,30H,16-18H2,1H3/t19-/m0/s1. The van der Waals surface area contributed by atoms with E-state index in [0.717, 1.165) is 5.39 Å². The number of carbonyl (C=O) groups excluding carboxylic acids is 2. The second kappa shape index (κ2) is 9.98. The molecule has 2 aromatic heterocycles. The first-order chi connectivity index (χ1) is 17.8. The van der Waals surface area contributed by atoms with Gasteiger partial charge >= 0.3 is 0 Å². The van der Waals surface area contributed by atoms with E-state index < -0.39 is 10.0 Å². The second-order valence-corrected chi connectivity index (χ2v) is 10.5. The fraction of sp³-hybridized carbons (Fsp3) is 0.185. The molecule has 9 nitrogen and oxygen atoms in total. The van der Waals surface area contributed by atoms with E-state index in [1.807, 2.05) is 6.92 Å². The molecule has 0 aliphatic carbocycles. The number of para-hydroxylation sites is 1. The molecule has 37 heavy (non-hydrogen) atoms. The summed E-state index contributed by atoms with van der Waals surface area (Å²) in [6, 6.07) is 19.9. The summed E-state index contributed by atoms with van der Waals surface area (Å²) in [5.41, 5.74) is 1.54. The SMILES string of the molecule is C[C@H]1CN(C(=O)c2ccccn2)CCN1C(=O)c1ccc(NS(=O)(=O)c2cccc3cccnc23)cc1. The highest BCUT2D eigenvalue weighted by atomic mass is 32.2. The van der Waals surface area contributed by atoms with Crippen molar-refractivity contribution in [3.63, 3.8) is 0 Å². The number of rotatable bonds is 5. The lowest BCUT2D eigenvalue weighted by atomic mass is 10.1. The molecule has 188 valence electrons. The van der Waals surface area contributed by atoms with Gasteiger partial charge in [-0.2, -0.15) is 0 Å². The predicted molar refractivity (Wildman–Crippen MR) is 140 cm³/mol. The van der Waals surface area contributed by atoms with Crippen LogP contribution >= 0.6 is 0 Å². The van der Waals surface area contributed by atoms with Crippen molar-refractivity contribution in [1.29, 1.82) is 0 Å². The Balaban J connectivity index is 1.26. The molecule has 3 heterocycles. The molecule has 1 atom stereocenters. The van der Waals surface area contributed by atoms with E-state index in [0.29, 0.717) is 42.1 Å². The quantitative estimate of drug-likeness (QED) is 0.436. The number of sulfonamides is 1. The number of carbonyl (C=O) groups is 2. The summed E-state index contributed by atoms with van der Waals surface area (Å²) in [5, 5.41) is 0.724. The molecule has 1 fully saturated rings. The number of nitrogens with one attached hydrogen (secondary N) is 1. The molecule has 10 heteroatoms. The number of benzene rings is 2. The van der Waals surface area contributed by atoms with Gasteiger partial charge in [0.2, 0.25) is 0 Å². The molecule has 5 rings (SSSR count). The zero-order chi connectivity index (χ0) is 26.0. The lowest BCUT2D eigenvalue weighted by Gasteiger charge is -2.39. The lowest BCUT2D eigenvalue weighted by molar-refractivity contribution is 0.0411. The maximum absolute atomic E-state index is 13.2. The first-order valence-electron chi connectivity index (χ1n) is 11.8. The van der Waals surface area contributed by atoms with Crippen molar-refractivity contribution in [1.82, 2.24) is 19.8 Å². The third-order valence-corrected chi connectivity index (χ3v) is 7.74. The lowest BCUT2D eigenvalue weighted by Crippen LogP contribution is -2.55. The number of anilines is 1. The maximum atomic E-state index is 13.2. The van der Waals surface area contributed by atoms with E-state index in [9.17, 15) is 18.0 Å². The van der Waals surface area contributed by atoms with Crippen molar-refractivity contribution >= 4 is 38.4 Å². The number of nitrogens with zero attached hydrogens (tertiary/aromatic N) is 4. The van der Waals surface area contributed by atoms with Crippen molar-refractivity contribution < 1.29 is 18.0 Å². The Kier molecular flexibility index (Phi) is 6.58. The van der Waals surface area contributed by atoms with Crippen molar-refractivity contribution in [2.75, 3.05) is 24.4 Å². The summed E-state index contributed by atoms with van der Waals surface area (Å²) in [6.07, 6.45) is 3.14. The summed E-state index contributed by atoms with van der Waals surface area (Å²) in [4.78, 5) is 37.8. The Hall–Kier alpha value is -4.31. The highest BCUT2D eigenvalue weighted by molar-refractivity contribution is 7.93. The average molecular weight is 516 g/mol. The third-order valence-electron chi connectivity index (χ3n) is 6.33. The molecule has 2 amide bonds. The van der Waals surface area contributed by atoms with E-state index in [2.05, 4.69) is 14.7 Å². The summed E-state index contributed by atoms with van der Waals surface area (Å²) in [7, 11) is -3.89. The van der Waals surface area contributed by atoms with Gasteiger partial charge < -0.3 is 9.80 Å². The van der Waals surface area contributed by atoms with Crippen molar-refractivity contribution in [2.24, 2.45) is 0 Å². The van der Waals surface area contributed by atoms with Crippen molar-refractivity contribution in [3.8, 4) is 0 Å².